The SMILES string of the molecule is Cc1cc(Nc2ncnc3cnc(N4CCCCOC4)nc23)ccc1Oc1ccn2ncnc2c1. The minimum atomic E-state index is 0.479. The van der Waals surface area contributed by atoms with Crippen LogP contribution in [-0.2, 0) is 4.74 Å². The first-order valence-electron chi connectivity index (χ1n) is 11.4. The summed E-state index contributed by atoms with van der Waals surface area (Å²) >= 11 is 0. The first-order chi connectivity index (χ1) is 17.2. The fourth-order valence-corrected chi connectivity index (χ4v) is 3.96. The molecule has 176 valence electrons. The van der Waals surface area contributed by atoms with Gasteiger partial charge < -0.3 is 19.7 Å². The number of aryl methyl sites for hydroxylation is 1. The van der Waals surface area contributed by atoms with Crippen LogP contribution >= 0.6 is 0 Å². The van der Waals surface area contributed by atoms with Gasteiger partial charge in [-0.15, -0.1) is 0 Å². The molecule has 1 saturated heterocycles. The van der Waals surface area contributed by atoms with Crippen molar-refractivity contribution < 1.29 is 9.47 Å². The summed E-state index contributed by atoms with van der Waals surface area (Å²) in [5, 5.41) is 7.48. The molecule has 1 aliphatic rings. The average Bonchev–Trinajstić information content (AvgIpc) is 3.17. The van der Waals surface area contributed by atoms with Gasteiger partial charge in [0.25, 0.3) is 0 Å². The Morgan fingerprint density at radius 3 is 2.94 bits per heavy atom. The molecular formula is C24H23N9O2. The molecule has 0 saturated carbocycles. The maximum absolute atomic E-state index is 6.08. The van der Waals surface area contributed by atoms with Gasteiger partial charge in [-0.25, -0.2) is 29.4 Å². The number of pyridine rings is 1. The van der Waals surface area contributed by atoms with Gasteiger partial charge >= 0.3 is 0 Å². The third kappa shape index (κ3) is 4.41. The van der Waals surface area contributed by atoms with Gasteiger partial charge in [0, 0.05) is 31.1 Å². The summed E-state index contributed by atoms with van der Waals surface area (Å²) in [6.07, 6.45) is 8.64. The molecule has 0 spiro atoms. The molecule has 11 nitrogen and oxygen atoms in total. The van der Waals surface area contributed by atoms with E-state index >= 15 is 0 Å². The van der Waals surface area contributed by atoms with Crippen molar-refractivity contribution in [2.24, 2.45) is 0 Å². The molecule has 1 N–H and O–H groups in total. The Hall–Kier alpha value is -4.38. The lowest BCUT2D eigenvalue weighted by Crippen LogP contribution is -2.27. The van der Waals surface area contributed by atoms with E-state index < -0.39 is 0 Å². The van der Waals surface area contributed by atoms with Crippen LogP contribution in [-0.4, -0.2) is 54.4 Å². The molecule has 35 heavy (non-hydrogen) atoms. The van der Waals surface area contributed by atoms with Crippen LogP contribution in [0.4, 0.5) is 17.5 Å². The molecule has 1 aliphatic heterocycles. The summed E-state index contributed by atoms with van der Waals surface area (Å²) in [6.45, 7) is 4.08. The van der Waals surface area contributed by atoms with E-state index in [1.807, 2.05) is 48.4 Å². The van der Waals surface area contributed by atoms with Crippen molar-refractivity contribution in [3.63, 3.8) is 0 Å². The van der Waals surface area contributed by atoms with E-state index in [4.69, 9.17) is 14.5 Å². The molecule has 0 radical (unpaired) electrons. The van der Waals surface area contributed by atoms with Crippen LogP contribution < -0.4 is 15.0 Å². The number of anilines is 3. The van der Waals surface area contributed by atoms with Gasteiger partial charge in [0.15, 0.2) is 11.5 Å². The van der Waals surface area contributed by atoms with E-state index in [-0.39, 0.29) is 0 Å². The van der Waals surface area contributed by atoms with E-state index in [1.54, 1.807) is 10.7 Å². The van der Waals surface area contributed by atoms with E-state index in [1.165, 1.54) is 12.7 Å². The molecular weight excluding hydrogens is 446 g/mol. The third-order valence-corrected chi connectivity index (χ3v) is 5.78. The highest BCUT2D eigenvalue weighted by Gasteiger charge is 2.16. The summed E-state index contributed by atoms with van der Waals surface area (Å²) in [4.78, 5) is 24.3. The lowest BCUT2D eigenvalue weighted by Gasteiger charge is -2.19. The largest absolute Gasteiger partial charge is 0.457 e. The van der Waals surface area contributed by atoms with Crippen LogP contribution in [0.5, 0.6) is 11.5 Å². The van der Waals surface area contributed by atoms with Crippen molar-refractivity contribution in [3.8, 4) is 11.5 Å². The second kappa shape index (κ2) is 9.11. The summed E-state index contributed by atoms with van der Waals surface area (Å²) < 4.78 is 13.4. The number of hydrogen-bond donors (Lipinski definition) is 1. The molecule has 0 bridgehead atoms. The fourth-order valence-electron chi connectivity index (χ4n) is 3.96. The molecule has 0 unspecified atom stereocenters. The minimum absolute atomic E-state index is 0.479. The predicted octanol–water partition coefficient (Wildman–Crippen LogP) is 3.88. The number of nitrogens with one attached hydrogen (secondary N) is 1. The van der Waals surface area contributed by atoms with Crippen molar-refractivity contribution in [3.05, 3.63) is 60.9 Å². The lowest BCUT2D eigenvalue weighted by atomic mass is 10.2. The number of benzene rings is 1. The summed E-state index contributed by atoms with van der Waals surface area (Å²) in [7, 11) is 0. The van der Waals surface area contributed by atoms with Gasteiger partial charge in [0.1, 0.15) is 41.9 Å². The molecule has 6 rings (SSSR count). The van der Waals surface area contributed by atoms with E-state index in [0.717, 1.165) is 48.6 Å². The Bertz CT molecular complexity index is 1500. The standard InChI is InChI=1S/C24H23N9O2/c1-16-10-17(4-5-20(16)35-18-6-8-33-21(11-18)27-14-29-33)30-23-22-19(26-13-28-23)12-25-24(31-22)32-7-2-3-9-34-15-32/h4-6,8,10-14H,2-3,7,9,15H2,1H3,(H,26,28,30). The molecule has 0 amide bonds. The second-order valence-electron chi connectivity index (χ2n) is 8.27. The molecule has 11 heteroatoms. The smallest absolute Gasteiger partial charge is 0.227 e. The third-order valence-electron chi connectivity index (χ3n) is 5.78. The Balaban J connectivity index is 1.25. The van der Waals surface area contributed by atoms with Crippen molar-refractivity contribution in [2.75, 3.05) is 30.1 Å². The quantitative estimate of drug-likeness (QED) is 0.406. The predicted molar refractivity (Wildman–Crippen MR) is 130 cm³/mol. The lowest BCUT2D eigenvalue weighted by molar-refractivity contribution is 0.145. The van der Waals surface area contributed by atoms with Crippen LogP contribution in [0.15, 0.2) is 55.4 Å². The Labute approximate surface area is 200 Å². The normalized spacial score (nSPS) is 14.3. The van der Waals surface area contributed by atoms with Gasteiger partial charge in [-0.05, 0) is 49.6 Å². The second-order valence-corrected chi connectivity index (χ2v) is 8.27. The van der Waals surface area contributed by atoms with Crippen LogP contribution in [0.2, 0.25) is 0 Å². The monoisotopic (exact) mass is 469 g/mol. The maximum Gasteiger partial charge on any atom is 0.227 e. The Morgan fingerprint density at radius 2 is 2.00 bits per heavy atom. The minimum Gasteiger partial charge on any atom is -0.457 e. The number of rotatable bonds is 5. The van der Waals surface area contributed by atoms with Crippen LogP contribution in [0.25, 0.3) is 16.7 Å². The first kappa shape index (κ1) is 21.2. The maximum atomic E-state index is 6.08. The average molecular weight is 470 g/mol. The van der Waals surface area contributed by atoms with Gasteiger partial charge in [-0.2, -0.15) is 5.10 Å². The molecule has 4 aromatic heterocycles. The first-order valence-corrected chi connectivity index (χ1v) is 11.4. The zero-order valence-corrected chi connectivity index (χ0v) is 19.1. The molecule has 0 aliphatic carbocycles. The Kier molecular flexibility index (Phi) is 5.51. The van der Waals surface area contributed by atoms with Crippen molar-refractivity contribution in [2.45, 2.75) is 19.8 Å². The van der Waals surface area contributed by atoms with Crippen molar-refractivity contribution >= 4 is 34.1 Å². The van der Waals surface area contributed by atoms with Gasteiger partial charge in [-0.3, -0.25) is 0 Å². The number of nitrogens with zero attached hydrogens (tertiary/aromatic N) is 8. The molecule has 1 aromatic carbocycles. The molecule has 5 aromatic rings. The van der Waals surface area contributed by atoms with Crippen LogP contribution in [0.1, 0.15) is 18.4 Å². The number of fused-ring (bicyclic) bond motifs is 2. The highest BCUT2D eigenvalue weighted by molar-refractivity contribution is 5.87. The van der Waals surface area contributed by atoms with Gasteiger partial charge in [0.05, 0.1) is 6.20 Å². The number of ether oxygens (including phenoxy) is 2. The van der Waals surface area contributed by atoms with Crippen LogP contribution in [0.3, 0.4) is 0 Å². The summed E-state index contributed by atoms with van der Waals surface area (Å²) in [6, 6.07) is 9.56. The topological polar surface area (TPSA) is 115 Å². The zero-order valence-electron chi connectivity index (χ0n) is 19.1. The fraction of sp³-hybridized carbons (Fsp3) is 0.250. The van der Waals surface area contributed by atoms with E-state index in [2.05, 4.69) is 30.4 Å². The molecule has 5 heterocycles. The Morgan fingerprint density at radius 1 is 1.03 bits per heavy atom. The summed E-state index contributed by atoms with van der Waals surface area (Å²) in [5.41, 5.74) is 3.87. The molecule has 0 atom stereocenters. The van der Waals surface area contributed by atoms with E-state index in [0.29, 0.717) is 35.3 Å². The van der Waals surface area contributed by atoms with E-state index in [9.17, 15) is 0 Å². The highest BCUT2D eigenvalue weighted by Crippen LogP contribution is 2.30. The van der Waals surface area contributed by atoms with Crippen LogP contribution in [0, 0.1) is 6.92 Å². The van der Waals surface area contributed by atoms with Gasteiger partial charge in [0.2, 0.25) is 5.95 Å². The van der Waals surface area contributed by atoms with Crippen molar-refractivity contribution in [1.29, 1.82) is 0 Å². The number of aromatic nitrogens is 7. The summed E-state index contributed by atoms with van der Waals surface area (Å²) in [5.74, 6) is 2.66. The van der Waals surface area contributed by atoms with Gasteiger partial charge in [-0.1, -0.05) is 0 Å². The number of hydrogen-bond acceptors (Lipinski definition) is 10. The van der Waals surface area contributed by atoms with Crippen molar-refractivity contribution in [1.82, 2.24) is 34.5 Å². The zero-order chi connectivity index (χ0) is 23.6. The molecule has 1 fully saturated rings. The highest BCUT2D eigenvalue weighted by atomic mass is 16.5.